The molecule has 2 aliphatic heterocycles. The average Bonchev–Trinajstić information content (AvgIpc) is 2.91. The predicted molar refractivity (Wildman–Crippen MR) is 109 cm³/mol. The quantitative estimate of drug-likeness (QED) is 0.747. The van der Waals surface area contributed by atoms with Crippen molar-refractivity contribution in [3.8, 4) is 0 Å². The monoisotopic (exact) mass is 430 g/mol. The molecule has 0 saturated carbocycles. The second-order valence-electron chi connectivity index (χ2n) is 7.68. The van der Waals surface area contributed by atoms with Gasteiger partial charge in [0, 0.05) is 19.6 Å². The van der Waals surface area contributed by atoms with E-state index in [1.807, 2.05) is 6.92 Å². The van der Waals surface area contributed by atoms with Gasteiger partial charge in [0.1, 0.15) is 23.3 Å². The molecule has 158 valence electrons. The average molecular weight is 431 g/mol. The van der Waals surface area contributed by atoms with Crippen LogP contribution >= 0.6 is 11.3 Å². The van der Waals surface area contributed by atoms with Gasteiger partial charge >= 0.3 is 0 Å². The van der Waals surface area contributed by atoms with Crippen LogP contribution in [0.15, 0.2) is 24.3 Å². The molecule has 2 fully saturated rings. The third-order valence-electron chi connectivity index (χ3n) is 5.51. The molecular formula is C21H23FN4O3S. The maximum atomic E-state index is 13.2. The third-order valence-corrected chi connectivity index (χ3v) is 6.57. The Morgan fingerprint density at radius 1 is 1.20 bits per heavy atom. The maximum Gasteiger partial charge on any atom is 0.265 e. The lowest BCUT2D eigenvalue weighted by Gasteiger charge is -2.40. The molecule has 7 nitrogen and oxygen atoms in total. The number of carbonyl (C=O) groups is 3. The normalized spacial score (nSPS) is 19.7. The fraction of sp³-hybridized carbons (Fsp3) is 0.429. The summed E-state index contributed by atoms with van der Waals surface area (Å²) in [5.41, 5.74) is 1.44. The first kappa shape index (κ1) is 20.5. The van der Waals surface area contributed by atoms with Crippen LogP contribution in [0.25, 0.3) is 0 Å². The fourth-order valence-electron chi connectivity index (χ4n) is 4.04. The van der Waals surface area contributed by atoms with Crippen molar-refractivity contribution in [1.82, 2.24) is 19.7 Å². The van der Waals surface area contributed by atoms with Gasteiger partial charge in [-0.3, -0.25) is 14.4 Å². The molecule has 0 bridgehead atoms. The Bertz CT molecular complexity index is 991. The summed E-state index contributed by atoms with van der Waals surface area (Å²) in [5, 5.41) is 0.821. The molecule has 3 heterocycles. The summed E-state index contributed by atoms with van der Waals surface area (Å²) in [4.78, 5) is 48.7. The number of thiazole rings is 1. The van der Waals surface area contributed by atoms with Crippen LogP contribution in [0.4, 0.5) is 4.39 Å². The standard InChI is InChI=1S/C21H23FN4O3S/c1-13-19(30-14(2)23-13)21(29)24-8-3-9-26-17(11-24)20(28)25(12-18(26)27)10-15-4-6-16(22)7-5-15/h4-7,17H,3,8-12H2,1-2H3. The SMILES string of the molecule is Cc1nc(C)c(C(=O)N2CCCN3C(=O)CN(Cc4ccc(F)cc4)C(=O)C3C2)s1. The van der Waals surface area contributed by atoms with Crippen molar-refractivity contribution in [2.75, 3.05) is 26.2 Å². The number of hydrogen-bond acceptors (Lipinski definition) is 5. The number of aryl methyl sites for hydroxylation is 2. The summed E-state index contributed by atoms with van der Waals surface area (Å²) >= 11 is 1.35. The highest BCUT2D eigenvalue weighted by atomic mass is 32.1. The van der Waals surface area contributed by atoms with Gasteiger partial charge in [-0.2, -0.15) is 0 Å². The van der Waals surface area contributed by atoms with E-state index in [0.29, 0.717) is 30.1 Å². The Hall–Kier alpha value is -2.81. The van der Waals surface area contributed by atoms with Gasteiger partial charge in [0.05, 0.1) is 17.2 Å². The van der Waals surface area contributed by atoms with E-state index in [1.54, 1.807) is 28.9 Å². The Balaban J connectivity index is 1.54. The van der Waals surface area contributed by atoms with Crippen LogP contribution < -0.4 is 0 Å². The van der Waals surface area contributed by atoms with Gasteiger partial charge in [-0.25, -0.2) is 9.37 Å². The number of rotatable bonds is 3. The minimum Gasteiger partial charge on any atom is -0.335 e. The molecule has 2 saturated heterocycles. The van der Waals surface area contributed by atoms with Crippen LogP contribution in [-0.4, -0.2) is 69.6 Å². The molecule has 1 unspecified atom stereocenters. The van der Waals surface area contributed by atoms with E-state index in [2.05, 4.69) is 4.98 Å². The number of nitrogens with zero attached hydrogens (tertiary/aromatic N) is 4. The zero-order valence-corrected chi connectivity index (χ0v) is 17.7. The highest BCUT2D eigenvalue weighted by Gasteiger charge is 2.42. The number of halogens is 1. The first-order valence-electron chi connectivity index (χ1n) is 9.89. The summed E-state index contributed by atoms with van der Waals surface area (Å²) in [5.74, 6) is -0.801. The maximum absolute atomic E-state index is 13.2. The molecule has 1 atom stereocenters. The molecular weight excluding hydrogens is 407 g/mol. The molecule has 0 N–H and O–H groups in total. The molecule has 0 spiro atoms. The first-order valence-corrected chi connectivity index (χ1v) is 10.7. The van der Waals surface area contributed by atoms with Crippen molar-refractivity contribution in [2.24, 2.45) is 0 Å². The molecule has 1 aromatic heterocycles. The molecule has 2 aliphatic rings. The topological polar surface area (TPSA) is 73.8 Å². The van der Waals surface area contributed by atoms with Gasteiger partial charge in [-0.1, -0.05) is 12.1 Å². The van der Waals surface area contributed by atoms with E-state index in [4.69, 9.17) is 0 Å². The van der Waals surface area contributed by atoms with Crippen LogP contribution in [-0.2, 0) is 16.1 Å². The van der Waals surface area contributed by atoms with E-state index in [9.17, 15) is 18.8 Å². The van der Waals surface area contributed by atoms with Gasteiger partial charge in [0.25, 0.3) is 5.91 Å². The molecule has 9 heteroatoms. The van der Waals surface area contributed by atoms with Gasteiger partial charge < -0.3 is 14.7 Å². The van der Waals surface area contributed by atoms with Crippen molar-refractivity contribution in [3.05, 3.63) is 51.2 Å². The zero-order valence-electron chi connectivity index (χ0n) is 16.9. The predicted octanol–water partition coefficient (Wildman–Crippen LogP) is 1.98. The number of fused-ring (bicyclic) bond motifs is 1. The van der Waals surface area contributed by atoms with Gasteiger partial charge in [0.15, 0.2) is 0 Å². The van der Waals surface area contributed by atoms with Crippen molar-refractivity contribution in [3.63, 3.8) is 0 Å². The highest BCUT2D eigenvalue weighted by molar-refractivity contribution is 7.13. The van der Waals surface area contributed by atoms with Crippen molar-refractivity contribution >= 4 is 29.1 Å². The Morgan fingerprint density at radius 2 is 1.93 bits per heavy atom. The summed E-state index contributed by atoms with van der Waals surface area (Å²) in [6, 6.07) is 5.19. The Kier molecular flexibility index (Phi) is 5.55. The van der Waals surface area contributed by atoms with Crippen molar-refractivity contribution in [1.29, 1.82) is 0 Å². The summed E-state index contributed by atoms with van der Waals surface area (Å²) in [6.45, 7) is 4.99. The lowest BCUT2D eigenvalue weighted by atomic mass is 10.1. The summed E-state index contributed by atoms with van der Waals surface area (Å²) in [6.07, 6.45) is 0.621. The third kappa shape index (κ3) is 3.94. The van der Waals surface area contributed by atoms with Crippen molar-refractivity contribution in [2.45, 2.75) is 32.9 Å². The van der Waals surface area contributed by atoms with Crippen LogP contribution in [0.1, 0.15) is 32.4 Å². The molecule has 0 radical (unpaired) electrons. The van der Waals surface area contributed by atoms with Crippen LogP contribution in [0.3, 0.4) is 0 Å². The Morgan fingerprint density at radius 3 is 2.60 bits per heavy atom. The second-order valence-corrected chi connectivity index (χ2v) is 8.88. The van der Waals surface area contributed by atoms with Crippen LogP contribution in [0.2, 0.25) is 0 Å². The summed E-state index contributed by atoms with van der Waals surface area (Å²) < 4.78 is 13.2. The second kappa shape index (κ2) is 8.14. The number of piperazine rings is 1. The largest absolute Gasteiger partial charge is 0.335 e. The molecule has 1 aromatic carbocycles. The van der Waals surface area contributed by atoms with E-state index in [0.717, 1.165) is 10.6 Å². The number of aromatic nitrogens is 1. The molecule has 2 aromatic rings. The van der Waals surface area contributed by atoms with E-state index < -0.39 is 6.04 Å². The lowest BCUT2D eigenvalue weighted by molar-refractivity contribution is -0.156. The molecule has 4 rings (SSSR count). The van der Waals surface area contributed by atoms with Crippen molar-refractivity contribution < 1.29 is 18.8 Å². The molecule has 0 aliphatic carbocycles. The smallest absolute Gasteiger partial charge is 0.265 e. The van der Waals surface area contributed by atoms with E-state index in [-0.39, 0.29) is 43.2 Å². The molecule has 3 amide bonds. The minimum absolute atomic E-state index is 0.00615. The van der Waals surface area contributed by atoms with Gasteiger partial charge in [-0.15, -0.1) is 11.3 Å². The van der Waals surface area contributed by atoms with Gasteiger partial charge in [0.2, 0.25) is 11.8 Å². The van der Waals surface area contributed by atoms with Crippen LogP contribution in [0, 0.1) is 19.7 Å². The first-order chi connectivity index (χ1) is 14.3. The highest BCUT2D eigenvalue weighted by Crippen LogP contribution is 2.24. The van der Waals surface area contributed by atoms with E-state index >= 15 is 0 Å². The zero-order chi connectivity index (χ0) is 21.4. The summed E-state index contributed by atoms with van der Waals surface area (Å²) in [7, 11) is 0. The van der Waals surface area contributed by atoms with Crippen LogP contribution in [0.5, 0.6) is 0 Å². The van der Waals surface area contributed by atoms with E-state index in [1.165, 1.54) is 28.4 Å². The molecule has 30 heavy (non-hydrogen) atoms. The number of benzene rings is 1. The Labute approximate surface area is 178 Å². The number of hydrogen-bond donors (Lipinski definition) is 0. The number of carbonyl (C=O) groups excluding carboxylic acids is 3. The minimum atomic E-state index is -0.701. The number of amides is 3. The lowest BCUT2D eigenvalue weighted by Crippen LogP contribution is -2.61. The fourth-order valence-corrected chi connectivity index (χ4v) is 4.93. The van der Waals surface area contributed by atoms with Gasteiger partial charge in [-0.05, 0) is 38.0 Å².